The molecule has 2 N–H and O–H groups in total. The van der Waals surface area contributed by atoms with Gasteiger partial charge >= 0.3 is 0 Å². The number of benzene rings is 1. The third-order valence-corrected chi connectivity index (χ3v) is 3.85. The number of halogens is 2. The van der Waals surface area contributed by atoms with E-state index in [0.29, 0.717) is 5.92 Å². The molecule has 110 valence electrons. The highest BCUT2D eigenvalue weighted by molar-refractivity contribution is 5.78. The van der Waals surface area contributed by atoms with Crippen molar-refractivity contribution in [2.24, 2.45) is 5.92 Å². The van der Waals surface area contributed by atoms with Crippen LogP contribution in [0.2, 0.25) is 0 Å². The van der Waals surface area contributed by atoms with E-state index < -0.39 is 11.6 Å². The Bertz CT molecular complexity index is 473. The third kappa shape index (κ3) is 4.00. The minimum absolute atomic E-state index is 0.0541. The molecule has 0 radical (unpaired) electrons. The molecule has 1 aromatic carbocycles. The maximum absolute atomic E-state index is 13.5. The fourth-order valence-electron chi connectivity index (χ4n) is 2.61. The van der Waals surface area contributed by atoms with Crippen molar-refractivity contribution in [1.82, 2.24) is 10.6 Å². The van der Waals surface area contributed by atoms with Crippen LogP contribution in [0.4, 0.5) is 8.78 Å². The van der Waals surface area contributed by atoms with Crippen LogP contribution in [0, 0.1) is 17.6 Å². The van der Waals surface area contributed by atoms with E-state index in [4.69, 9.17) is 0 Å². The zero-order valence-corrected chi connectivity index (χ0v) is 11.6. The van der Waals surface area contributed by atoms with Crippen molar-refractivity contribution in [2.75, 3.05) is 13.1 Å². The van der Waals surface area contributed by atoms with Gasteiger partial charge < -0.3 is 10.6 Å². The average molecular weight is 282 g/mol. The highest BCUT2D eigenvalue weighted by Gasteiger charge is 2.21. The fraction of sp³-hybridized carbons (Fsp3) is 0.533. The summed E-state index contributed by atoms with van der Waals surface area (Å²) in [5.74, 6) is -1.07. The number of nitrogens with one attached hydrogen (secondary N) is 2. The van der Waals surface area contributed by atoms with Crippen LogP contribution in [-0.2, 0) is 11.2 Å². The van der Waals surface area contributed by atoms with Gasteiger partial charge in [-0.1, -0.05) is 6.07 Å². The molecule has 3 nitrogen and oxygen atoms in total. The minimum Gasteiger partial charge on any atom is -0.353 e. The van der Waals surface area contributed by atoms with Crippen molar-refractivity contribution in [3.63, 3.8) is 0 Å². The average Bonchev–Trinajstić information content (AvgIpc) is 2.43. The molecule has 0 aromatic heterocycles. The molecule has 2 rings (SSSR count). The van der Waals surface area contributed by atoms with Gasteiger partial charge in [-0.25, -0.2) is 8.78 Å². The van der Waals surface area contributed by atoms with Gasteiger partial charge in [-0.2, -0.15) is 0 Å². The lowest BCUT2D eigenvalue weighted by Crippen LogP contribution is -2.43. The molecule has 0 bridgehead atoms. The molecule has 1 aromatic rings. The van der Waals surface area contributed by atoms with Gasteiger partial charge in [0.1, 0.15) is 11.6 Å². The SMILES string of the molecule is CC(NC(=O)Cc1ccc(F)cc1F)C1CCNCC1. The first-order valence-corrected chi connectivity index (χ1v) is 7.00. The highest BCUT2D eigenvalue weighted by atomic mass is 19.1. The van der Waals surface area contributed by atoms with Gasteiger partial charge in [0.15, 0.2) is 0 Å². The van der Waals surface area contributed by atoms with Crippen molar-refractivity contribution in [2.45, 2.75) is 32.2 Å². The second-order valence-corrected chi connectivity index (χ2v) is 5.36. The summed E-state index contributed by atoms with van der Waals surface area (Å²) in [5.41, 5.74) is 0.224. The molecule has 1 unspecified atom stereocenters. The van der Waals surface area contributed by atoms with Crippen LogP contribution in [0.5, 0.6) is 0 Å². The zero-order chi connectivity index (χ0) is 14.5. The summed E-state index contributed by atoms with van der Waals surface area (Å²) in [5, 5.41) is 6.19. The van der Waals surface area contributed by atoms with Crippen molar-refractivity contribution in [3.8, 4) is 0 Å². The second kappa shape index (κ2) is 6.79. The van der Waals surface area contributed by atoms with Gasteiger partial charge in [0, 0.05) is 12.1 Å². The molecule has 20 heavy (non-hydrogen) atoms. The van der Waals surface area contributed by atoms with E-state index in [-0.39, 0.29) is 23.9 Å². The predicted molar refractivity (Wildman–Crippen MR) is 73.3 cm³/mol. The number of hydrogen-bond acceptors (Lipinski definition) is 2. The van der Waals surface area contributed by atoms with Gasteiger partial charge in [0.2, 0.25) is 5.91 Å². The first-order chi connectivity index (χ1) is 9.56. The van der Waals surface area contributed by atoms with Gasteiger partial charge in [0.25, 0.3) is 0 Å². The molecule has 1 fully saturated rings. The van der Waals surface area contributed by atoms with Crippen LogP contribution < -0.4 is 10.6 Å². The maximum Gasteiger partial charge on any atom is 0.224 e. The van der Waals surface area contributed by atoms with E-state index in [1.54, 1.807) is 0 Å². The van der Waals surface area contributed by atoms with Crippen molar-refractivity contribution < 1.29 is 13.6 Å². The zero-order valence-electron chi connectivity index (χ0n) is 11.6. The molecule has 1 aliphatic heterocycles. The van der Waals surface area contributed by atoms with E-state index in [1.165, 1.54) is 12.1 Å². The minimum atomic E-state index is -0.672. The molecular weight excluding hydrogens is 262 g/mol. The van der Waals surface area contributed by atoms with Crippen LogP contribution in [-0.4, -0.2) is 25.0 Å². The second-order valence-electron chi connectivity index (χ2n) is 5.36. The summed E-state index contributed by atoms with van der Waals surface area (Å²) in [6, 6.07) is 3.37. The van der Waals surface area contributed by atoms with E-state index in [9.17, 15) is 13.6 Å². The smallest absolute Gasteiger partial charge is 0.224 e. The Morgan fingerprint density at radius 1 is 1.40 bits per heavy atom. The number of amides is 1. The van der Waals surface area contributed by atoms with E-state index in [1.807, 2.05) is 6.92 Å². The van der Waals surface area contributed by atoms with Gasteiger partial charge in [-0.05, 0) is 50.4 Å². The molecule has 1 aliphatic rings. The Balaban J connectivity index is 1.88. The molecular formula is C15H20F2N2O. The lowest BCUT2D eigenvalue weighted by atomic mass is 9.91. The standard InChI is InChI=1S/C15H20F2N2O/c1-10(11-4-6-18-7-5-11)19-15(20)8-12-2-3-13(16)9-14(12)17/h2-3,9-11,18H,4-8H2,1H3,(H,19,20). The molecule has 1 heterocycles. The predicted octanol–water partition coefficient (Wildman–Crippen LogP) is 2.01. The molecule has 1 amide bonds. The summed E-state index contributed by atoms with van der Waals surface area (Å²) >= 11 is 0. The van der Waals surface area contributed by atoms with Crippen LogP contribution in [0.15, 0.2) is 18.2 Å². The Morgan fingerprint density at radius 2 is 2.10 bits per heavy atom. The van der Waals surface area contributed by atoms with E-state index in [0.717, 1.165) is 32.0 Å². The summed E-state index contributed by atoms with van der Waals surface area (Å²) in [7, 11) is 0. The van der Waals surface area contributed by atoms with Crippen molar-refractivity contribution >= 4 is 5.91 Å². The summed E-state index contributed by atoms with van der Waals surface area (Å²) in [4.78, 5) is 11.9. The van der Waals surface area contributed by atoms with Crippen molar-refractivity contribution in [3.05, 3.63) is 35.4 Å². The maximum atomic E-state index is 13.5. The monoisotopic (exact) mass is 282 g/mol. The van der Waals surface area contributed by atoms with Crippen molar-refractivity contribution in [1.29, 1.82) is 0 Å². The van der Waals surface area contributed by atoms with Crippen LogP contribution in [0.25, 0.3) is 0 Å². The molecule has 1 atom stereocenters. The first-order valence-electron chi connectivity index (χ1n) is 7.00. The summed E-state index contributed by atoms with van der Waals surface area (Å²) < 4.78 is 26.3. The Hall–Kier alpha value is -1.49. The molecule has 0 spiro atoms. The first kappa shape index (κ1) is 14.9. The number of carbonyl (C=O) groups is 1. The molecule has 1 saturated heterocycles. The van der Waals surface area contributed by atoms with E-state index >= 15 is 0 Å². The van der Waals surface area contributed by atoms with Gasteiger partial charge in [0.05, 0.1) is 6.42 Å². The number of hydrogen-bond donors (Lipinski definition) is 2. The summed E-state index contributed by atoms with van der Waals surface area (Å²) in [6.45, 7) is 3.92. The number of carbonyl (C=O) groups excluding carboxylic acids is 1. The lowest BCUT2D eigenvalue weighted by molar-refractivity contribution is -0.121. The Morgan fingerprint density at radius 3 is 2.75 bits per heavy atom. The molecule has 5 heteroatoms. The third-order valence-electron chi connectivity index (χ3n) is 3.85. The number of rotatable bonds is 4. The lowest BCUT2D eigenvalue weighted by Gasteiger charge is -2.28. The normalized spacial score (nSPS) is 17.8. The van der Waals surface area contributed by atoms with Crippen LogP contribution in [0.3, 0.4) is 0 Å². The largest absolute Gasteiger partial charge is 0.353 e. The molecule has 0 aliphatic carbocycles. The Labute approximate surface area is 117 Å². The van der Waals surface area contributed by atoms with Gasteiger partial charge in [-0.3, -0.25) is 4.79 Å². The van der Waals surface area contributed by atoms with Gasteiger partial charge in [-0.15, -0.1) is 0 Å². The Kier molecular flexibility index (Phi) is 5.06. The quantitative estimate of drug-likeness (QED) is 0.887. The highest BCUT2D eigenvalue weighted by Crippen LogP contribution is 2.16. The fourth-order valence-corrected chi connectivity index (χ4v) is 2.61. The van der Waals surface area contributed by atoms with Crippen LogP contribution >= 0.6 is 0 Å². The number of piperidine rings is 1. The van der Waals surface area contributed by atoms with Crippen LogP contribution in [0.1, 0.15) is 25.3 Å². The topological polar surface area (TPSA) is 41.1 Å². The van der Waals surface area contributed by atoms with E-state index in [2.05, 4.69) is 10.6 Å². The summed E-state index contributed by atoms with van der Waals surface area (Å²) in [6.07, 6.45) is 2.01. The molecule has 0 saturated carbocycles.